The van der Waals surface area contributed by atoms with E-state index in [0.717, 1.165) is 6.42 Å². The van der Waals surface area contributed by atoms with E-state index in [4.69, 9.17) is 4.42 Å². The first-order valence-corrected chi connectivity index (χ1v) is 6.50. The van der Waals surface area contributed by atoms with Crippen LogP contribution in [0.4, 0.5) is 0 Å². The minimum absolute atomic E-state index is 0.159. The molecular formula is C13H21N3O2. The van der Waals surface area contributed by atoms with Gasteiger partial charge in [0.25, 0.3) is 5.91 Å². The zero-order valence-electron chi connectivity index (χ0n) is 11.3. The molecule has 1 N–H and O–H groups in total. The summed E-state index contributed by atoms with van der Waals surface area (Å²) in [5, 5.41) is 2.90. The molecule has 1 aliphatic heterocycles. The van der Waals surface area contributed by atoms with E-state index < -0.39 is 0 Å². The zero-order valence-corrected chi connectivity index (χ0v) is 11.3. The summed E-state index contributed by atoms with van der Waals surface area (Å²) in [5.41, 5.74) is 0.656. The molecule has 0 unspecified atom stereocenters. The van der Waals surface area contributed by atoms with Crippen molar-refractivity contribution in [2.24, 2.45) is 0 Å². The highest BCUT2D eigenvalue weighted by atomic mass is 16.4. The number of hydrogen-bond acceptors (Lipinski definition) is 4. The standard InChI is InChI=1S/C13H21N3O2/c1-9-12(18-10(2)15-9)13(17)14-7-6-11-5-4-8-16(11)3/h11H,4-8H2,1-3H3,(H,14,17)/t11-/m0/s1. The van der Waals surface area contributed by atoms with Gasteiger partial charge >= 0.3 is 0 Å². The molecule has 0 bridgehead atoms. The normalized spacial score (nSPS) is 20.3. The Morgan fingerprint density at radius 3 is 2.89 bits per heavy atom. The molecule has 0 radical (unpaired) electrons. The quantitative estimate of drug-likeness (QED) is 0.881. The van der Waals surface area contributed by atoms with Crippen molar-refractivity contribution in [1.82, 2.24) is 15.2 Å². The molecule has 1 aliphatic rings. The summed E-state index contributed by atoms with van der Waals surface area (Å²) in [6.07, 6.45) is 3.48. The zero-order chi connectivity index (χ0) is 13.1. The number of oxazole rings is 1. The van der Waals surface area contributed by atoms with Crippen LogP contribution in [0, 0.1) is 13.8 Å². The van der Waals surface area contributed by atoms with Crippen LogP contribution in [-0.2, 0) is 0 Å². The van der Waals surface area contributed by atoms with Crippen LogP contribution in [-0.4, -0.2) is 42.0 Å². The molecule has 1 aromatic heterocycles. The molecule has 100 valence electrons. The molecule has 1 amide bonds. The molecule has 1 atom stereocenters. The number of hydrogen-bond donors (Lipinski definition) is 1. The molecule has 1 saturated heterocycles. The summed E-state index contributed by atoms with van der Waals surface area (Å²) < 4.78 is 5.29. The Morgan fingerprint density at radius 2 is 2.33 bits per heavy atom. The number of nitrogens with one attached hydrogen (secondary N) is 1. The van der Waals surface area contributed by atoms with Crippen LogP contribution in [0.1, 0.15) is 41.4 Å². The maximum Gasteiger partial charge on any atom is 0.289 e. The van der Waals surface area contributed by atoms with Crippen molar-refractivity contribution >= 4 is 5.91 Å². The van der Waals surface area contributed by atoms with Gasteiger partial charge in [-0.2, -0.15) is 0 Å². The van der Waals surface area contributed by atoms with E-state index in [-0.39, 0.29) is 5.91 Å². The average molecular weight is 251 g/mol. The first-order chi connectivity index (χ1) is 8.58. The second kappa shape index (κ2) is 5.52. The average Bonchev–Trinajstić information content (AvgIpc) is 2.85. The van der Waals surface area contributed by atoms with Gasteiger partial charge in [-0.3, -0.25) is 4.79 Å². The predicted molar refractivity (Wildman–Crippen MR) is 68.6 cm³/mol. The first-order valence-electron chi connectivity index (χ1n) is 6.50. The molecule has 18 heavy (non-hydrogen) atoms. The van der Waals surface area contributed by atoms with Crippen LogP contribution < -0.4 is 5.32 Å². The molecule has 0 saturated carbocycles. The summed E-state index contributed by atoms with van der Waals surface area (Å²) in [5.74, 6) is 0.717. The number of rotatable bonds is 4. The van der Waals surface area contributed by atoms with Gasteiger partial charge in [0.2, 0.25) is 5.76 Å². The lowest BCUT2D eigenvalue weighted by Gasteiger charge is -2.19. The number of aryl methyl sites for hydroxylation is 2. The van der Waals surface area contributed by atoms with Gasteiger partial charge in [-0.1, -0.05) is 0 Å². The van der Waals surface area contributed by atoms with Gasteiger partial charge in [-0.25, -0.2) is 4.98 Å². The Morgan fingerprint density at radius 1 is 1.56 bits per heavy atom. The minimum atomic E-state index is -0.159. The third kappa shape index (κ3) is 2.90. The van der Waals surface area contributed by atoms with Crippen LogP contribution >= 0.6 is 0 Å². The number of amides is 1. The lowest BCUT2D eigenvalue weighted by Crippen LogP contribution is -2.31. The highest BCUT2D eigenvalue weighted by Gasteiger charge is 2.21. The van der Waals surface area contributed by atoms with Crippen LogP contribution in [0.3, 0.4) is 0 Å². The Labute approximate surface area is 108 Å². The maximum absolute atomic E-state index is 11.9. The highest BCUT2D eigenvalue weighted by Crippen LogP contribution is 2.17. The molecule has 0 aliphatic carbocycles. The number of nitrogens with zero attached hydrogens (tertiary/aromatic N) is 2. The predicted octanol–water partition coefficient (Wildman–Crippen LogP) is 1.51. The molecular weight excluding hydrogens is 230 g/mol. The number of likely N-dealkylation sites (tertiary alicyclic amines) is 1. The van der Waals surface area contributed by atoms with E-state index in [1.165, 1.54) is 19.4 Å². The molecule has 1 fully saturated rings. The summed E-state index contributed by atoms with van der Waals surface area (Å²) >= 11 is 0. The van der Waals surface area contributed by atoms with Gasteiger partial charge in [0, 0.05) is 19.5 Å². The summed E-state index contributed by atoms with van der Waals surface area (Å²) in [6, 6.07) is 0.600. The topological polar surface area (TPSA) is 58.4 Å². The number of carbonyl (C=O) groups is 1. The summed E-state index contributed by atoms with van der Waals surface area (Å²) in [6.45, 7) is 5.39. The fourth-order valence-corrected chi connectivity index (χ4v) is 2.52. The van der Waals surface area contributed by atoms with Gasteiger partial charge in [-0.05, 0) is 39.8 Å². The Hall–Kier alpha value is -1.36. The number of aromatic nitrogens is 1. The van der Waals surface area contributed by atoms with Crippen molar-refractivity contribution in [2.45, 2.75) is 39.2 Å². The largest absolute Gasteiger partial charge is 0.436 e. The first kappa shape index (κ1) is 13.1. The van der Waals surface area contributed by atoms with E-state index in [9.17, 15) is 4.79 Å². The Bertz CT molecular complexity index is 428. The lowest BCUT2D eigenvalue weighted by molar-refractivity contribution is 0.0920. The van der Waals surface area contributed by atoms with Crippen molar-refractivity contribution < 1.29 is 9.21 Å². The van der Waals surface area contributed by atoms with E-state index >= 15 is 0 Å². The molecule has 1 aromatic rings. The molecule has 2 heterocycles. The van der Waals surface area contributed by atoms with E-state index in [1.807, 2.05) is 0 Å². The summed E-state index contributed by atoms with van der Waals surface area (Å²) in [4.78, 5) is 18.3. The monoisotopic (exact) mass is 251 g/mol. The third-order valence-corrected chi connectivity index (χ3v) is 3.54. The molecule has 0 spiro atoms. The molecule has 5 heteroatoms. The van der Waals surface area contributed by atoms with Crippen molar-refractivity contribution in [1.29, 1.82) is 0 Å². The summed E-state index contributed by atoms with van der Waals surface area (Å²) in [7, 11) is 2.14. The highest BCUT2D eigenvalue weighted by molar-refractivity contribution is 5.92. The molecule has 5 nitrogen and oxygen atoms in total. The molecule has 2 rings (SSSR count). The van der Waals surface area contributed by atoms with Gasteiger partial charge in [-0.15, -0.1) is 0 Å². The fraction of sp³-hybridized carbons (Fsp3) is 0.692. The fourth-order valence-electron chi connectivity index (χ4n) is 2.52. The maximum atomic E-state index is 11.9. The van der Waals surface area contributed by atoms with Crippen LogP contribution in [0.5, 0.6) is 0 Å². The van der Waals surface area contributed by atoms with Gasteiger partial charge in [0.1, 0.15) is 0 Å². The number of carbonyl (C=O) groups excluding carboxylic acids is 1. The van der Waals surface area contributed by atoms with E-state index in [1.54, 1.807) is 13.8 Å². The Kier molecular flexibility index (Phi) is 4.01. The van der Waals surface area contributed by atoms with Gasteiger partial charge in [0.05, 0.1) is 5.69 Å². The SMILES string of the molecule is Cc1nc(C)c(C(=O)NCC[C@@H]2CCCN2C)o1. The second-order valence-electron chi connectivity index (χ2n) is 4.97. The lowest BCUT2D eigenvalue weighted by atomic mass is 10.1. The van der Waals surface area contributed by atoms with Crippen molar-refractivity contribution in [3.05, 3.63) is 17.3 Å². The molecule has 0 aromatic carbocycles. The third-order valence-electron chi connectivity index (χ3n) is 3.54. The van der Waals surface area contributed by atoms with E-state index in [0.29, 0.717) is 29.9 Å². The van der Waals surface area contributed by atoms with Crippen molar-refractivity contribution in [2.75, 3.05) is 20.1 Å². The smallest absolute Gasteiger partial charge is 0.289 e. The van der Waals surface area contributed by atoms with Crippen LogP contribution in [0.25, 0.3) is 0 Å². The second-order valence-corrected chi connectivity index (χ2v) is 4.97. The Balaban J connectivity index is 1.80. The van der Waals surface area contributed by atoms with Crippen molar-refractivity contribution in [3.8, 4) is 0 Å². The van der Waals surface area contributed by atoms with Crippen molar-refractivity contribution in [3.63, 3.8) is 0 Å². The minimum Gasteiger partial charge on any atom is -0.436 e. The van der Waals surface area contributed by atoms with Crippen LogP contribution in [0.15, 0.2) is 4.42 Å². The van der Waals surface area contributed by atoms with Gasteiger partial charge in [0.15, 0.2) is 5.89 Å². The van der Waals surface area contributed by atoms with Crippen LogP contribution in [0.2, 0.25) is 0 Å². The van der Waals surface area contributed by atoms with E-state index in [2.05, 4.69) is 22.2 Å². The van der Waals surface area contributed by atoms with Gasteiger partial charge < -0.3 is 14.6 Å².